The highest BCUT2D eigenvalue weighted by Crippen LogP contribution is 2.39. The van der Waals surface area contributed by atoms with E-state index in [1.54, 1.807) is 31.1 Å². The first-order valence-corrected chi connectivity index (χ1v) is 12.7. The number of H-pyrrole nitrogens is 1. The lowest BCUT2D eigenvalue weighted by Crippen LogP contribution is -2.24. The summed E-state index contributed by atoms with van der Waals surface area (Å²) in [4.78, 5) is 42.5. The maximum atomic E-state index is 12.9. The van der Waals surface area contributed by atoms with Gasteiger partial charge < -0.3 is 24.7 Å². The molecule has 2 N–H and O–H groups in total. The van der Waals surface area contributed by atoms with Gasteiger partial charge in [-0.2, -0.15) is 0 Å². The quantitative estimate of drug-likeness (QED) is 0.395. The molecule has 3 aromatic rings. The number of nitrogens with one attached hydrogen (secondary N) is 2. The Hall–Kier alpha value is -3.81. The summed E-state index contributed by atoms with van der Waals surface area (Å²) in [5.41, 5.74) is 3.67. The van der Waals surface area contributed by atoms with E-state index in [2.05, 4.69) is 10.3 Å². The molecule has 4 rings (SSSR count). The number of amides is 2. The minimum Gasteiger partial charge on any atom is -0.496 e. The number of anilines is 1. The van der Waals surface area contributed by atoms with Crippen LogP contribution in [0.4, 0.5) is 5.69 Å². The molecule has 1 atom stereocenters. The molecule has 1 unspecified atom stereocenters. The fourth-order valence-corrected chi connectivity index (χ4v) is 5.19. The molecule has 1 fully saturated rings. The van der Waals surface area contributed by atoms with Crippen molar-refractivity contribution in [3.63, 3.8) is 0 Å². The van der Waals surface area contributed by atoms with Crippen LogP contribution in [0.5, 0.6) is 5.75 Å². The van der Waals surface area contributed by atoms with Gasteiger partial charge in [0.25, 0.3) is 0 Å². The van der Waals surface area contributed by atoms with Gasteiger partial charge in [-0.3, -0.25) is 9.59 Å². The molecule has 0 radical (unpaired) electrons. The normalized spacial score (nSPS) is 14.4. The van der Waals surface area contributed by atoms with E-state index in [1.807, 2.05) is 30.5 Å². The van der Waals surface area contributed by atoms with E-state index < -0.39 is 5.97 Å². The molecule has 1 saturated carbocycles. The summed E-state index contributed by atoms with van der Waals surface area (Å²) in [6.07, 6.45) is 7.28. The van der Waals surface area contributed by atoms with E-state index in [0.717, 1.165) is 40.6 Å². The van der Waals surface area contributed by atoms with E-state index in [-0.39, 0.29) is 24.2 Å². The Labute approximate surface area is 217 Å². The molecule has 37 heavy (non-hydrogen) atoms. The van der Waals surface area contributed by atoms with Crippen LogP contribution in [0.3, 0.4) is 0 Å². The standard InChI is InChI=1S/C29H35N3O5/c1-32(2)28(34)16-22(21-11-9-19(29(35)37-4)14-26(21)36-3)24-17-30-25-12-10-20(15-23(24)25)31-27(33)13-18-7-5-6-8-18/h9-12,14-15,17-18,22,30H,5-8,13,16H2,1-4H3,(H,31,33). The molecule has 2 aromatic carbocycles. The number of hydrogen-bond acceptors (Lipinski definition) is 5. The fraction of sp³-hybridized carbons (Fsp3) is 0.414. The first-order valence-electron chi connectivity index (χ1n) is 12.7. The molecule has 2 amide bonds. The fourth-order valence-electron chi connectivity index (χ4n) is 5.19. The van der Waals surface area contributed by atoms with Gasteiger partial charge in [0.05, 0.1) is 19.8 Å². The zero-order chi connectivity index (χ0) is 26.5. The van der Waals surface area contributed by atoms with E-state index in [9.17, 15) is 14.4 Å². The lowest BCUT2D eigenvalue weighted by Gasteiger charge is -2.22. The van der Waals surface area contributed by atoms with Crippen molar-refractivity contribution in [1.82, 2.24) is 9.88 Å². The second kappa shape index (κ2) is 11.5. The van der Waals surface area contributed by atoms with Crippen molar-refractivity contribution < 1.29 is 23.9 Å². The SMILES string of the molecule is COC(=O)c1ccc(C(CC(=O)N(C)C)c2c[nH]c3ccc(NC(=O)CC4CCCC4)cc23)c(OC)c1. The smallest absolute Gasteiger partial charge is 0.337 e. The van der Waals surface area contributed by atoms with Crippen LogP contribution in [0.15, 0.2) is 42.6 Å². The predicted octanol–water partition coefficient (Wildman–Crippen LogP) is 5.09. The first kappa shape index (κ1) is 26.3. The third-order valence-corrected chi connectivity index (χ3v) is 7.23. The third-order valence-electron chi connectivity index (χ3n) is 7.23. The Morgan fingerprint density at radius 2 is 1.81 bits per heavy atom. The van der Waals surface area contributed by atoms with E-state index in [4.69, 9.17) is 9.47 Å². The number of fused-ring (bicyclic) bond motifs is 1. The minimum atomic E-state index is -0.462. The average Bonchev–Trinajstić information content (AvgIpc) is 3.56. The lowest BCUT2D eigenvalue weighted by atomic mass is 9.86. The van der Waals surface area contributed by atoms with Crippen LogP contribution >= 0.6 is 0 Å². The minimum absolute atomic E-state index is 0.0303. The van der Waals surface area contributed by atoms with Crippen molar-refractivity contribution in [3.8, 4) is 5.75 Å². The number of hydrogen-bond donors (Lipinski definition) is 2. The maximum Gasteiger partial charge on any atom is 0.337 e. The van der Waals surface area contributed by atoms with Crippen LogP contribution in [0, 0.1) is 5.92 Å². The summed E-state index contributed by atoms with van der Waals surface area (Å²) in [5, 5.41) is 3.97. The van der Waals surface area contributed by atoms with Crippen molar-refractivity contribution in [2.45, 2.75) is 44.4 Å². The molecular formula is C29H35N3O5. The molecule has 1 aliphatic rings. The van der Waals surface area contributed by atoms with Gasteiger partial charge in [-0.1, -0.05) is 18.9 Å². The second-order valence-electron chi connectivity index (χ2n) is 9.90. The molecule has 0 bridgehead atoms. The number of carbonyl (C=O) groups excluding carboxylic acids is 3. The van der Waals surface area contributed by atoms with Gasteiger partial charge >= 0.3 is 5.97 Å². The summed E-state index contributed by atoms with van der Waals surface area (Å²) < 4.78 is 10.5. The van der Waals surface area contributed by atoms with Crippen molar-refractivity contribution >= 4 is 34.4 Å². The summed E-state index contributed by atoms with van der Waals surface area (Å²) in [6.45, 7) is 0. The third kappa shape index (κ3) is 5.96. The molecule has 0 spiro atoms. The van der Waals surface area contributed by atoms with Gasteiger partial charge in [0.2, 0.25) is 11.8 Å². The van der Waals surface area contributed by atoms with Gasteiger partial charge in [0.1, 0.15) is 5.75 Å². The molecule has 8 heteroatoms. The average molecular weight is 506 g/mol. The highest BCUT2D eigenvalue weighted by molar-refractivity contribution is 5.95. The molecule has 0 saturated heterocycles. The van der Waals surface area contributed by atoms with E-state index in [1.165, 1.54) is 27.1 Å². The Kier molecular flexibility index (Phi) is 8.16. The Balaban J connectivity index is 1.71. The zero-order valence-corrected chi connectivity index (χ0v) is 21.9. The van der Waals surface area contributed by atoms with Gasteiger partial charge in [-0.05, 0) is 54.7 Å². The summed E-state index contributed by atoms with van der Waals surface area (Å²) in [6, 6.07) is 10.9. The number of carbonyl (C=O) groups is 3. The highest BCUT2D eigenvalue weighted by Gasteiger charge is 2.26. The van der Waals surface area contributed by atoms with Crippen molar-refractivity contribution in [2.75, 3.05) is 33.6 Å². The number of ether oxygens (including phenoxy) is 2. The maximum absolute atomic E-state index is 12.9. The second-order valence-corrected chi connectivity index (χ2v) is 9.90. The van der Waals surface area contributed by atoms with Crippen molar-refractivity contribution in [2.24, 2.45) is 5.92 Å². The number of rotatable bonds is 9. The van der Waals surface area contributed by atoms with Gasteiger partial charge in [-0.25, -0.2) is 4.79 Å². The predicted molar refractivity (Wildman–Crippen MR) is 143 cm³/mol. The lowest BCUT2D eigenvalue weighted by molar-refractivity contribution is -0.128. The van der Waals surface area contributed by atoms with E-state index in [0.29, 0.717) is 23.7 Å². The van der Waals surface area contributed by atoms with Crippen molar-refractivity contribution in [1.29, 1.82) is 0 Å². The van der Waals surface area contributed by atoms with Crippen LogP contribution in [-0.4, -0.2) is 56.0 Å². The largest absolute Gasteiger partial charge is 0.496 e. The molecular weight excluding hydrogens is 470 g/mol. The molecule has 0 aliphatic heterocycles. The van der Waals surface area contributed by atoms with Crippen LogP contribution in [0.2, 0.25) is 0 Å². The number of methoxy groups -OCH3 is 2. The molecule has 1 heterocycles. The topological polar surface area (TPSA) is 101 Å². The van der Waals surface area contributed by atoms with Gasteiger partial charge in [0, 0.05) is 61.2 Å². The number of nitrogens with zero attached hydrogens (tertiary/aromatic N) is 1. The van der Waals surface area contributed by atoms with Crippen LogP contribution in [-0.2, 0) is 14.3 Å². The molecule has 8 nitrogen and oxygen atoms in total. The molecule has 196 valence electrons. The summed E-state index contributed by atoms with van der Waals surface area (Å²) in [7, 11) is 6.32. The zero-order valence-electron chi connectivity index (χ0n) is 21.9. The summed E-state index contributed by atoms with van der Waals surface area (Å²) >= 11 is 0. The molecule has 1 aliphatic carbocycles. The Bertz CT molecular complexity index is 1290. The number of aromatic nitrogens is 1. The number of benzene rings is 2. The Morgan fingerprint density at radius 3 is 2.49 bits per heavy atom. The van der Waals surface area contributed by atoms with E-state index >= 15 is 0 Å². The first-order chi connectivity index (χ1) is 17.8. The highest BCUT2D eigenvalue weighted by atomic mass is 16.5. The monoisotopic (exact) mass is 505 g/mol. The van der Waals surface area contributed by atoms with Gasteiger partial charge in [0.15, 0.2) is 0 Å². The van der Waals surface area contributed by atoms with Crippen LogP contribution in [0.25, 0.3) is 10.9 Å². The van der Waals surface area contributed by atoms with Crippen LogP contribution in [0.1, 0.15) is 65.9 Å². The van der Waals surface area contributed by atoms with Gasteiger partial charge in [-0.15, -0.1) is 0 Å². The van der Waals surface area contributed by atoms with Crippen molar-refractivity contribution in [3.05, 3.63) is 59.3 Å². The number of esters is 1. The summed E-state index contributed by atoms with van der Waals surface area (Å²) in [5.74, 6) is 0.135. The van der Waals surface area contributed by atoms with Crippen LogP contribution < -0.4 is 10.1 Å². The number of aromatic amines is 1. The Morgan fingerprint density at radius 1 is 1.05 bits per heavy atom. The molecule has 1 aromatic heterocycles.